The molecule has 2 aromatic carbocycles. The van der Waals surface area contributed by atoms with Gasteiger partial charge < -0.3 is 9.57 Å². The van der Waals surface area contributed by atoms with Gasteiger partial charge in [0.05, 0.1) is 5.02 Å². The lowest BCUT2D eigenvalue weighted by atomic mass is 10.0. The summed E-state index contributed by atoms with van der Waals surface area (Å²) in [5.41, 5.74) is 1.71. The van der Waals surface area contributed by atoms with Gasteiger partial charge in [-0.2, -0.15) is 5.26 Å². The fourth-order valence-electron chi connectivity index (χ4n) is 1.82. The SMILES string of the molecule is CO/N=C(/C#N)c1ccccc1COc1ccccc1Cl. The Balaban J connectivity index is 2.24. The highest BCUT2D eigenvalue weighted by Gasteiger charge is 2.10. The Bertz CT molecular complexity index is 693. The third kappa shape index (κ3) is 3.74. The molecule has 2 rings (SSSR count). The summed E-state index contributed by atoms with van der Waals surface area (Å²) in [6.45, 7) is 0.282. The fourth-order valence-corrected chi connectivity index (χ4v) is 2.01. The van der Waals surface area contributed by atoms with E-state index in [0.29, 0.717) is 16.3 Å². The van der Waals surface area contributed by atoms with Crippen LogP contribution in [0.15, 0.2) is 53.7 Å². The fraction of sp³-hybridized carbons (Fsp3) is 0.125. The predicted molar refractivity (Wildman–Crippen MR) is 81.4 cm³/mol. The Morgan fingerprint density at radius 1 is 1.19 bits per heavy atom. The Morgan fingerprint density at radius 2 is 1.90 bits per heavy atom. The Kier molecular flexibility index (Phi) is 5.19. The maximum Gasteiger partial charge on any atom is 0.187 e. The van der Waals surface area contributed by atoms with Crippen molar-refractivity contribution in [2.24, 2.45) is 5.16 Å². The molecule has 0 aliphatic heterocycles. The number of rotatable bonds is 5. The minimum atomic E-state index is 0.204. The van der Waals surface area contributed by atoms with E-state index in [1.165, 1.54) is 7.11 Å². The van der Waals surface area contributed by atoms with Gasteiger partial charge >= 0.3 is 0 Å². The maximum absolute atomic E-state index is 9.14. The van der Waals surface area contributed by atoms with E-state index in [-0.39, 0.29) is 12.3 Å². The van der Waals surface area contributed by atoms with Gasteiger partial charge in [-0.05, 0) is 17.7 Å². The molecule has 0 saturated heterocycles. The highest BCUT2D eigenvalue weighted by molar-refractivity contribution is 6.32. The van der Waals surface area contributed by atoms with E-state index in [1.807, 2.05) is 36.4 Å². The number of nitrogens with zero attached hydrogens (tertiary/aromatic N) is 2. The normalized spacial score (nSPS) is 10.8. The summed E-state index contributed by atoms with van der Waals surface area (Å²) >= 11 is 6.05. The summed E-state index contributed by atoms with van der Waals surface area (Å²) in [7, 11) is 1.40. The topological polar surface area (TPSA) is 54.6 Å². The van der Waals surface area contributed by atoms with E-state index in [0.717, 1.165) is 5.56 Å². The molecule has 0 fully saturated rings. The molecule has 2 aromatic rings. The second kappa shape index (κ2) is 7.32. The van der Waals surface area contributed by atoms with Crippen LogP contribution in [0.3, 0.4) is 0 Å². The lowest BCUT2D eigenvalue weighted by Gasteiger charge is -2.10. The van der Waals surface area contributed by atoms with Gasteiger partial charge in [0.25, 0.3) is 0 Å². The van der Waals surface area contributed by atoms with Gasteiger partial charge in [0, 0.05) is 5.56 Å². The predicted octanol–water partition coefficient (Wildman–Crippen LogP) is 3.79. The van der Waals surface area contributed by atoms with E-state index in [1.54, 1.807) is 18.2 Å². The molecule has 0 unspecified atom stereocenters. The van der Waals surface area contributed by atoms with Crippen molar-refractivity contribution in [1.29, 1.82) is 5.26 Å². The highest BCUT2D eigenvalue weighted by Crippen LogP contribution is 2.24. The molecule has 0 heterocycles. The van der Waals surface area contributed by atoms with Crippen molar-refractivity contribution in [1.82, 2.24) is 0 Å². The van der Waals surface area contributed by atoms with Crippen LogP contribution in [0.1, 0.15) is 11.1 Å². The quantitative estimate of drug-likeness (QED) is 0.623. The zero-order valence-corrected chi connectivity index (χ0v) is 12.2. The molecule has 0 N–H and O–H groups in total. The zero-order valence-electron chi connectivity index (χ0n) is 11.4. The van der Waals surface area contributed by atoms with Gasteiger partial charge in [0.15, 0.2) is 5.71 Å². The van der Waals surface area contributed by atoms with Gasteiger partial charge in [-0.1, -0.05) is 53.2 Å². The largest absolute Gasteiger partial charge is 0.487 e. The van der Waals surface area contributed by atoms with Gasteiger partial charge in [-0.15, -0.1) is 0 Å². The van der Waals surface area contributed by atoms with Crippen LogP contribution >= 0.6 is 11.6 Å². The van der Waals surface area contributed by atoms with Crippen LogP contribution < -0.4 is 4.74 Å². The minimum absolute atomic E-state index is 0.204. The molecule has 0 bridgehead atoms. The number of halogens is 1. The molecule has 0 atom stereocenters. The second-order valence-electron chi connectivity index (χ2n) is 4.11. The van der Waals surface area contributed by atoms with Gasteiger partial charge in [0.2, 0.25) is 0 Å². The van der Waals surface area contributed by atoms with E-state index in [2.05, 4.69) is 9.99 Å². The molecule has 0 amide bonds. The summed E-state index contributed by atoms with van der Waals surface area (Å²) in [5, 5.41) is 13.4. The summed E-state index contributed by atoms with van der Waals surface area (Å²) in [4.78, 5) is 4.69. The zero-order chi connectivity index (χ0) is 15.1. The molecule has 21 heavy (non-hydrogen) atoms. The monoisotopic (exact) mass is 300 g/mol. The maximum atomic E-state index is 9.14. The van der Waals surface area contributed by atoms with E-state index in [4.69, 9.17) is 21.6 Å². The van der Waals surface area contributed by atoms with E-state index >= 15 is 0 Å². The van der Waals surface area contributed by atoms with Crippen LogP contribution in [0.25, 0.3) is 0 Å². The van der Waals surface area contributed by atoms with Gasteiger partial charge in [-0.3, -0.25) is 0 Å². The molecular formula is C16H13ClN2O2. The van der Waals surface area contributed by atoms with Crippen LogP contribution in [0.5, 0.6) is 5.75 Å². The molecule has 0 radical (unpaired) electrons. The molecule has 0 aliphatic rings. The van der Waals surface area contributed by atoms with Gasteiger partial charge in [0.1, 0.15) is 25.5 Å². The molecule has 0 saturated carbocycles. The molecule has 4 nitrogen and oxygen atoms in total. The highest BCUT2D eigenvalue weighted by atomic mass is 35.5. The summed E-state index contributed by atoms with van der Waals surface area (Å²) < 4.78 is 5.70. The van der Waals surface area contributed by atoms with Gasteiger partial charge in [-0.25, -0.2) is 0 Å². The van der Waals surface area contributed by atoms with Crippen molar-refractivity contribution < 1.29 is 9.57 Å². The molecule has 106 valence electrons. The first-order valence-corrected chi connectivity index (χ1v) is 6.61. The smallest absolute Gasteiger partial charge is 0.187 e. The first kappa shape index (κ1) is 14.9. The Hall–Kier alpha value is -2.51. The number of hydrogen-bond acceptors (Lipinski definition) is 4. The summed E-state index contributed by atoms with van der Waals surface area (Å²) in [6.07, 6.45) is 0. The Labute approximate surface area is 128 Å². The third-order valence-electron chi connectivity index (χ3n) is 2.78. The third-order valence-corrected chi connectivity index (χ3v) is 3.09. The average molecular weight is 301 g/mol. The molecule has 0 aromatic heterocycles. The van der Waals surface area contributed by atoms with Crippen LogP contribution in [0, 0.1) is 11.3 Å². The summed E-state index contributed by atoms with van der Waals surface area (Å²) in [6, 6.07) is 16.6. The van der Waals surface area contributed by atoms with Crippen molar-refractivity contribution in [3.8, 4) is 11.8 Å². The number of para-hydroxylation sites is 1. The van der Waals surface area contributed by atoms with Crippen LogP contribution in [0.4, 0.5) is 0 Å². The van der Waals surface area contributed by atoms with E-state index in [9.17, 15) is 0 Å². The number of ether oxygens (including phenoxy) is 1. The van der Waals surface area contributed by atoms with Crippen LogP contribution in [-0.2, 0) is 11.4 Å². The van der Waals surface area contributed by atoms with Crippen molar-refractivity contribution in [3.05, 3.63) is 64.7 Å². The van der Waals surface area contributed by atoms with Crippen LogP contribution in [-0.4, -0.2) is 12.8 Å². The molecule has 0 aliphatic carbocycles. The first-order valence-electron chi connectivity index (χ1n) is 6.23. The summed E-state index contributed by atoms with van der Waals surface area (Å²) in [5.74, 6) is 0.594. The minimum Gasteiger partial charge on any atom is -0.487 e. The first-order chi connectivity index (χ1) is 10.3. The van der Waals surface area contributed by atoms with Crippen molar-refractivity contribution in [2.45, 2.75) is 6.61 Å². The standard InChI is InChI=1S/C16H13ClN2O2/c1-20-19-15(10-18)13-7-3-2-6-12(13)11-21-16-9-5-4-8-14(16)17/h2-9H,11H2,1H3/b19-15-. The Morgan fingerprint density at radius 3 is 2.62 bits per heavy atom. The molecule has 0 spiro atoms. The van der Waals surface area contributed by atoms with Crippen molar-refractivity contribution >= 4 is 17.3 Å². The van der Waals surface area contributed by atoms with E-state index < -0.39 is 0 Å². The number of nitriles is 1. The second-order valence-corrected chi connectivity index (χ2v) is 4.52. The van der Waals surface area contributed by atoms with Crippen LogP contribution in [0.2, 0.25) is 5.02 Å². The van der Waals surface area contributed by atoms with Crippen molar-refractivity contribution in [3.63, 3.8) is 0 Å². The van der Waals surface area contributed by atoms with Crippen molar-refractivity contribution in [2.75, 3.05) is 7.11 Å². The molecular weight excluding hydrogens is 288 g/mol. The number of hydrogen-bond donors (Lipinski definition) is 0. The average Bonchev–Trinajstić information content (AvgIpc) is 2.52. The number of oxime groups is 1. The molecule has 5 heteroatoms. The lowest BCUT2D eigenvalue weighted by Crippen LogP contribution is -2.06. The lowest BCUT2D eigenvalue weighted by molar-refractivity contribution is 0.214. The number of benzene rings is 2.